The van der Waals surface area contributed by atoms with Gasteiger partial charge in [-0.1, -0.05) is 129 Å². The molecular weight excluding hydrogens is 448 g/mol. The fourth-order valence-electron chi connectivity index (χ4n) is 4.64. The predicted octanol–water partition coefficient (Wildman–Crippen LogP) is 9.24. The SMILES string of the molecule is CC(C)(C)c1ccc(C=CC2=CC(c3ccc(C(C)(C)C)cc3)N(c3ccc(C(C)(C)C)cc3)N2)cc1. The van der Waals surface area contributed by atoms with Gasteiger partial charge < -0.3 is 0 Å². The summed E-state index contributed by atoms with van der Waals surface area (Å²) in [6, 6.07) is 27.1. The quantitative estimate of drug-likeness (QED) is 0.390. The molecule has 0 aromatic heterocycles. The number of hydrazine groups is 1. The molecule has 4 rings (SSSR count). The third kappa shape index (κ3) is 6.36. The van der Waals surface area contributed by atoms with Crippen molar-refractivity contribution < 1.29 is 0 Å². The third-order valence-corrected chi connectivity index (χ3v) is 7.23. The van der Waals surface area contributed by atoms with Crippen molar-refractivity contribution in [2.45, 2.75) is 84.6 Å². The van der Waals surface area contributed by atoms with E-state index in [1.165, 1.54) is 27.8 Å². The Labute approximate surface area is 225 Å². The number of nitrogens with zero attached hydrogens (tertiary/aromatic N) is 1. The molecule has 1 heterocycles. The third-order valence-electron chi connectivity index (χ3n) is 7.23. The molecule has 3 aromatic carbocycles. The number of hydrogen-bond acceptors (Lipinski definition) is 2. The molecular formula is C35H44N2. The Kier molecular flexibility index (Phi) is 7.16. The molecule has 0 saturated carbocycles. The summed E-state index contributed by atoms with van der Waals surface area (Å²) in [7, 11) is 0. The van der Waals surface area contributed by atoms with Gasteiger partial charge in [0.05, 0.1) is 17.4 Å². The van der Waals surface area contributed by atoms with Crippen LogP contribution in [0.2, 0.25) is 0 Å². The Morgan fingerprint density at radius 2 is 1.00 bits per heavy atom. The van der Waals surface area contributed by atoms with Crippen LogP contribution in [0.25, 0.3) is 6.08 Å². The van der Waals surface area contributed by atoms with Crippen molar-refractivity contribution in [3.8, 4) is 0 Å². The molecule has 0 aliphatic carbocycles. The largest absolute Gasteiger partial charge is 0.298 e. The van der Waals surface area contributed by atoms with Crippen LogP contribution in [0.1, 0.15) is 96.2 Å². The molecule has 3 aromatic rings. The molecule has 0 fully saturated rings. The van der Waals surface area contributed by atoms with Crippen molar-refractivity contribution in [1.82, 2.24) is 5.43 Å². The summed E-state index contributed by atoms with van der Waals surface area (Å²) in [5.74, 6) is 0. The lowest BCUT2D eigenvalue weighted by molar-refractivity contribution is 0.588. The van der Waals surface area contributed by atoms with E-state index in [9.17, 15) is 0 Å². The standard InChI is InChI=1S/C35H44N2/c1-33(2,3)27-15-10-25(11-16-27)12-21-30-24-32(26-13-17-28(18-14-26)34(4,5)6)37(36-30)31-22-19-29(20-23-31)35(7,8)9/h10-24,32,36H,1-9H3. The second-order valence-electron chi connectivity index (χ2n) is 13.4. The molecule has 1 aliphatic rings. The molecule has 0 amide bonds. The molecule has 0 bridgehead atoms. The van der Waals surface area contributed by atoms with Crippen molar-refractivity contribution >= 4 is 11.8 Å². The second kappa shape index (κ2) is 9.89. The zero-order valence-electron chi connectivity index (χ0n) is 24.2. The minimum atomic E-state index is 0.109. The fourth-order valence-corrected chi connectivity index (χ4v) is 4.64. The zero-order valence-corrected chi connectivity index (χ0v) is 24.2. The van der Waals surface area contributed by atoms with Crippen molar-refractivity contribution in [3.63, 3.8) is 0 Å². The van der Waals surface area contributed by atoms with E-state index in [1.807, 2.05) is 0 Å². The van der Waals surface area contributed by atoms with Crippen LogP contribution in [0.4, 0.5) is 5.69 Å². The molecule has 37 heavy (non-hydrogen) atoms. The first-order valence-corrected chi connectivity index (χ1v) is 13.5. The summed E-state index contributed by atoms with van der Waals surface area (Å²) in [6.45, 7) is 20.3. The molecule has 1 aliphatic heterocycles. The van der Waals surface area contributed by atoms with Gasteiger partial charge in [0.25, 0.3) is 0 Å². The number of benzene rings is 3. The smallest absolute Gasteiger partial charge is 0.0958 e. The summed E-state index contributed by atoms with van der Waals surface area (Å²) >= 11 is 0. The van der Waals surface area contributed by atoms with Crippen LogP contribution in [0.3, 0.4) is 0 Å². The van der Waals surface area contributed by atoms with Crippen molar-refractivity contribution in [2.24, 2.45) is 0 Å². The van der Waals surface area contributed by atoms with E-state index in [0.717, 1.165) is 11.4 Å². The molecule has 2 heteroatoms. The molecule has 1 unspecified atom stereocenters. The highest BCUT2D eigenvalue weighted by Gasteiger charge is 2.27. The Balaban J connectivity index is 1.63. The van der Waals surface area contributed by atoms with Gasteiger partial charge >= 0.3 is 0 Å². The van der Waals surface area contributed by atoms with Crippen LogP contribution in [-0.2, 0) is 16.2 Å². The first kappa shape index (κ1) is 26.8. The van der Waals surface area contributed by atoms with Crippen molar-refractivity contribution in [1.29, 1.82) is 0 Å². The maximum Gasteiger partial charge on any atom is 0.0958 e. The summed E-state index contributed by atoms with van der Waals surface area (Å²) < 4.78 is 0. The summed E-state index contributed by atoms with van der Waals surface area (Å²) in [5.41, 5.74) is 12.9. The van der Waals surface area contributed by atoms with Gasteiger partial charge in [0.2, 0.25) is 0 Å². The highest BCUT2D eigenvalue weighted by atomic mass is 15.5. The summed E-state index contributed by atoms with van der Waals surface area (Å²) in [4.78, 5) is 0. The van der Waals surface area contributed by atoms with Crippen LogP contribution in [0.15, 0.2) is 90.6 Å². The van der Waals surface area contributed by atoms with Gasteiger partial charge in [-0.05, 0) is 68.3 Å². The minimum Gasteiger partial charge on any atom is -0.298 e. The van der Waals surface area contributed by atoms with Gasteiger partial charge in [-0.2, -0.15) is 0 Å². The van der Waals surface area contributed by atoms with Gasteiger partial charge in [0.15, 0.2) is 0 Å². The molecule has 2 nitrogen and oxygen atoms in total. The monoisotopic (exact) mass is 492 g/mol. The highest BCUT2D eigenvalue weighted by molar-refractivity contribution is 5.59. The maximum atomic E-state index is 3.67. The van der Waals surface area contributed by atoms with Gasteiger partial charge in [0.1, 0.15) is 0 Å². The molecule has 0 radical (unpaired) electrons. The van der Waals surface area contributed by atoms with E-state index in [1.54, 1.807) is 0 Å². The van der Waals surface area contributed by atoms with E-state index in [0.29, 0.717) is 0 Å². The number of nitrogens with one attached hydrogen (secondary N) is 1. The number of anilines is 1. The first-order chi connectivity index (χ1) is 17.2. The number of rotatable bonds is 4. The second-order valence-corrected chi connectivity index (χ2v) is 13.4. The van der Waals surface area contributed by atoms with Crippen LogP contribution >= 0.6 is 0 Å². The normalized spacial score (nSPS) is 16.7. The van der Waals surface area contributed by atoms with Crippen molar-refractivity contribution in [2.75, 3.05) is 5.01 Å². The first-order valence-electron chi connectivity index (χ1n) is 13.5. The van der Waals surface area contributed by atoms with Crippen LogP contribution < -0.4 is 10.4 Å². The maximum absolute atomic E-state index is 3.67. The predicted molar refractivity (Wildman–Crippen MR) is 161 cm³/mol. The topological polar surface area (TPSA) is 15.3 Å². The molecule has 1 N–H and O–H groups in total. The lowest BCUT2D eigenvalue weighted by Gasteiger charge is -2.29. The highest BCUT2D eigenvalue weighted by Crippen LogP contribution is 2.35. The lowest BCUT2D eigenvalue weighted by atomic mass is 9.86. The zero-order chi connectivity index (χ0) is 27.0. The summed E-state index contributed by atoms with van der Waals surface area (Å²) in [6.07, 6.45) is 6.70. The van der Waals surface area contributed by atoms with E-state index in [-0.39, 0.29) is 22.3 Å². The Bertz CT molecular complexity index is 1250. The van der Waals surface area contributed by atoms with Crippen LogP contribution in [-0.4, -0.2) is 0 Å². The van der Waals surface area contributed by atoms with Gasteiger partial charge in [-0.3, -0.25) is 10.4 Å². The van der Waals surface area contributed by atoms with Gasteiger partial charge in [0, 0.05) is 0 Å². The van der Waals surface area contributed by atoms with Crippen LogP contribution in [0, 0.1) is 0 Å². The average Bonchev–Trinajstić information content (AvgIpc) is 3.26. The minimum absolute atomic E-state index is 0.109. The van der Waals surface area contributed by atoms with E-state index < -0.39 is 0 Å². The lowest BCUT2D eigenvalue weighted by Crippen LogP contribution is -2.34. The molecule has 194 valence electrons. The molecule has 1 atom stereocenters. The van der Waals surface area contributed by atoms with E-state index >= 15 is 0 Å². The average molecular weight is 493 g/mol. The van der Waals surface area contributed by atoms with E-state index in [2.05, 4.69) is 164 Å². The Hall–Kier alpha value is -3.26. The van der Waals surface area contributed by atoms with Gasteiger partial charge in [-0.25, -0.2) is 0 Å². The number of allylic oxidation sites excluding steroid dienone is 1. The number of hydrogen-bond donors (Lipinski definition) is 1. The fraction of sp³-hybridized carbons (Fsp3) is 0.371. The Morgan fingerprint density at radius 1 is 0.568 bits per heavy atom. The van der Waals surface area contributed by atoms with Crippen LogP contribution in [0.5, 0.6) is 0 Å². The van der Waals surface area contributed by atoms with E-state index in [4.69, 9.17) is 0 Å². The summed E-state index contributed by atoms with van der Waals surface area (Å²) in [5, 5.41) is 2.28. The molecule has 0 spiro atoms. The van der Waals surface area contributed by atoms with Gasteiger partial charge in [-0.15, -0.1) is 0 Å². The Morgan fingerprint density at radius 3 is 1.46 bits per heavy atom. The molecule has 0 saturated heterocycles. The van der Waals surface area contributed by atoms with Crippen molar-refractivity contribution in [3.05, 3.63) is 118 Å².